The Kier molecular flexibility index (Phi) is 4.82. The molecule has 4 rings (SSSR count). The van der Waals surface area contributed by atoms with Crippen LogP contribution in [-0.4, -0.2) is 65.1 Å². The predicted molar refractivity (Wildman–Crippen MR) is 105 cm³/mol. The Morgan fingerprint density at radius 1 is 1.22 bits per heavy atom. The molecule has 0 bridgehead atoms. The first kappa shape index (κ1) is 17.9. The molecule has 2 aromatic rings. The number of nitrogens with one attached hydrogen (secondary N) is 1. The Balaban J connectivity index is 1.41. The van der Waals surface area contributed by atoms with E-state index in [1.807, 2.05) is 31.3 Å². The highest BCUT2D eigenvalue weighted by molar-refractivity contribution is 5.40. The molecule has 1 N–H and O–H groups in total. The Labute approximate surface area is 159 Å². The summed E-state index contributed by atoms with van der Waals surface area (Å²) in [5, 5.41) is 0. The van der Waals surface area contributed by atoms with Crippen molar-refractivity contribution in [1.29, 1.82) is 0 Å². The number of hydrogen-bond donors (Lipinski definition) is 1. The summed E-state index contributed by atoms with van der Waals surface area (Å²) in [6, 6.07) is 4.01. The van der Waals surface area contributed by atoms with Crippen LogP contribution in [0.15, 0.2) is 23.1 Å². The molecule has 0 radical (unpaired) electrons. The minimum atomic E-state index is -0.112. The van der Waals surface area contributed by atoms with Gasteiger partial charge >= 0.3 is 0 Å². The van der Waals surface area contributed by atoms with Gasteiger partial charge in [0.25, 0.3) is 5.56 Å². The van der Waals surface area contributed by atoms with Gasteiger partial charge in [0.05, 0.1) is 5.69 Å². The number of rotatable bonds is 6. The quantitative estimate of drug-likeness (QED) is 0.820. The summed E-state index contributed by atoms with van der Waals surface area (Å²) in [5.74, 6) is 3.19. The molecule has 2 aromatic heterocycles. The number of anilines is 2. The first-order chi connectivity index (χ1) is 13.0. The van der Waals surface area contributed by atoms with E-state index in [2.05, 4.69) is 31.8 Å². The van der Waals surface area contributed by atoms with Crippen molar-refractivity contribution < 1.29 is 0 Å². The molecule has 1 atom stereocenters. The highest BCUT2D eigenvalue weighted by Gasteiger charge is 2.30. The molecule has 0 aromatic carbocycles. The zero-order chi connectivity index (χ0) is 19.0. The lowest BCUT2D eigenvalue weighted by atomic mass is 10.2. The Morgan fingerprint density at radius 3 is 2.78 bits per heavy atom. The molecule has 1 saturated carbocycles. The summed E-state index contributed by atoms with van der Waals surface area (Å²) in [4.78, 5) is 34.8. The van der Waals surface area contributed by atoms with Gasteiger partial charge in [0.2, 0.25) is 5.95 Å². The van der Waals surface area contributed by atoms with Crippen LogP contribution in [0.2, 0.25) is 0 Å². The second-order valence-electron chi connectivity index (χ2n) is 7.81. The molecule has 27 heavy (non-hydrogen) atoms. The molecule has 0 spiro atoms. The van der Waals surface area contributed by atoms with Crippen LogP contribution in [0.25, 0.3) is 0 Å². The minimum absolute atomic E-state index is 0.112. The molecule has 144 valence electrons. The fourth-order valence-electron chi connectivity index (χ4n) is 3.56. The van der Waals surface area contributed by atoms with Crippen molar-refractivity contribution in [3.63, 3.8) is 0 Å². The van der Waals surface area contributed by atoms with Crippen molar-refractivity contribution in [2.45, 2.75) is 37.8 Å². The zero-order valence-electron chi connectivity index (χ0n) is 16.2. The van der Waals surface area contributed by atoms with Crippen LogP contribution in [0.1, 0.15) is 36.7 Å². The Hall–Kier alpha value is -2.48. The van der Waals surface area contributed by atoms with Crippen molar-refractivity contribution in [2.24, 2.45) is 0 Å². The summed E-state index contributed by atoms with van der Waals surface area (Å²) >= 11 is 0. The van der Waals surface area contributed by atoms with Crippen LogP contribution in [0.4, 0.5) is 11.8 Å². The van der Waals surface area contributed by atoms with Gasteiger partial charge < -0.3 is 9.80 Å². The topological polar surface area (TPSA) is 81.2 Å². The van der Waals surface area contributed by atoms with E-state index in [1.165, 1.54) is 12.8 Å². The molecule has 2 fully saturated rings. The third-order valence-electron chi connectivity index (χ3n) is 5.33. The number of hydrogen-bond acceptors (Lipinski definition) is 7. The van der Waals surface area contributed by atoms with Crippen molar-refractivity contribution in [3.05, 3.63) is 40.2 Å². The van der Waals surface area contributed by atoms with Crippen LogP contribution >= 0.6 is 0 Å². The van der Waals surface area contributed by atoms with E-state index in [0.29, 0.717) is 24.5 Å². The van der Waals surface area contributed by atoms with Crippen LogP contribution in [0.5, 0.6) is 0 Å². The molecule has 8 heteroatoms. The van der Waals surface area contributed by atoms with Crippen molar-refractivity contribution in [1.82, 2.24) is 24.8 Å². The van der Waals surface area contributed by atoms with Gasteiger partial charge in [-0.2, -0.15) is 0 Å². The zero-order valence-corrected chi connectivity index (χ0v) is 16.2. The average molecular weight is 369 g/mol. The van der Waals surface area contributed by atoms with E-state index in [9.17, 15) is 4.79 Å². The van der Waals surface area contributed by atoms with Gasteiger partial charge in [-0.15, -0.1) is 0 Å². The maximum atomic E-state index is 11.9. The van der Waals surface area contributed by atoms with Crippen LogP contribution < -0.4 is 15.4 Å². The smallest absolute Gasteiger partial charge is 0.252 e. The van der Waals surface area contributed by atoms with Crippen LogP contribution in [-0.2, 0) is 6.54 Å². The number of nitrogens with zero attached hydrogens (tertiary/aromatic N) is 6. The van der Waals surface area contributed by atoms with Gasteiger partial charge in [0, 0.05) is 58.0 Å². The summed E-state index contributed by atoms with van der Waals surface area (Å²) in [6.45, 7) is 2.57. The van der Waals surface area contributed by atoms with Gasteiger partial charge in [-0.05, 0) is 32.4 Å². The summed E-state index contributed by atoms with van der Waals surface area (Å²) < 4.78 is 0. The SMILES string of the molecule is CN(C)c1nc(CN(C)C2CCN(c3ccnc(C4CC4)n3)C2)cc(=O)[nH]1. The maximum absolute atomic E-state index is 11.9. The molecule has 8 nitrogen and oxygen atoms in total. The normalized spacial score (nSPS) is 19.7. The molecule has 1 saturated heterocycles. The van der Waals surface area contributed by atoms with E-state index in [4.69, 9.17) is 4.98 Å². The van der Waals surface area contributed by atoms with Crippen LogP contribution in [0, 0.1) is 0 Å². The van der Waals surface area contributed by atoms with E-state index in [-0.39, 0.29) is 5.56 Å². The van der Waals surface area contributed by atoms with Gasteiger partial charge in [0.1, 0.15) is 11.6 Å². The van der Waals surface area contributed by atoms with E-state index in [1.54, 1.807) is 6.07 Å². The molecule has 1 unspecified atom stereocenters. The minimum Gasteiger partial charge on any atom is -0.355 e. The third-order valence-corrected chi connectivity index (χ3v) is 5.33. The summed E-state index contributed by atoms with van der Waals surface area (Å²) in [6.07, 6.45) is 5.39. The molecule has 2 aliphatic rings. The molecular formula is C19H27N7O. The summed E-state index contributed by atoms with van der Waals surface area (Å²) in [5.41, 5.74) is 0.681. The molecule has 0 amide bonds. The molecule has 1 aliphatic carbocycles. The average Bonchev–Trinajstić information content (AvgIpc) is 3.37. The lowest BCUT2D eigenvalue weighted by Gasteiger charge is -2.25. The number of aromatic amines is 1. The summed E-state index contributed by atoms with van der Waals surface area (Å²) in [7, 11) is 5.85. The van der Waals surface area contributed by atoms with Crippen LogP contribution in [0.3, 0.4) is 0 Å². The van der Waals surface area contributed by atoms with Gasteiger partial charge in [0.15, 0.2) is 0 Å². The standard InChI is InChI=1S/C19H27N7O/c1-24(2)19-21-14(10-17(27)23-19)11-25(3)15-7-9-26(12-15)16-6-8-20-18(22-16)13-4-5-13/h6,8,10,13,15H,4-5,7,9,11-12H2,1-3H3,(H,21,23,27). The van der Waals surface area contributed by atoms with Gasteiger partial charge in [-0.3, -0.25) is 14.7 Å². The first-order valence-electron chi connectivity index (χ1n) is 9.55. The highest BCUT2D eigenvalue weighted by atomic mass is 16.1. The number of aromatic nitrogens is 4. The highest BCUT2D eigenvalue weighted by Crippen LogP contribution is 2.38. The maximum Gasteiger partial charge on any atom is 0.252 e. The second-order valence-corrected chi connectivity index (χ2v) is 7.81. The van der Waals surface area contributed by atoms with Crippen molar-refractivity contribution in [2.75, 3.05) is 44.0 Å². The molecule has 3 heterocycles. The van der Waals surface area contributed by atoms with Gasteiger partial charge in [-0.25, -0.2) is 15.0 Å². The van der Waals surface area contributed by atoms with Crippen molar-refractivity contribution >= 4 is 11.8 Å². The number of likely N-dealkylation sites (N-methyl/N-ethyl adjacent to an activating group) is 1. The largest absolute Gasteiger partial charge is 0.355 e. The fraction of sp³-hybridized carbons (Fsp3) is 0.579. The second kappa shape index (κ2) is 7.26. The Bertz CT molecular complexity index is 861. The van der Waals surface area contributed by atoms with E-state index in [0.717, 1.165) is 36.8 Å². The van der Waals surface area contributed by atoms with Gasteiger partial charge in [-0.1, -0.05) is 0 Å². The molecule has 1 aliphatic heterocycles. The first-order valence-corrected chi connectivity index (χ1v) is 9.55. The monoisotopic (exact) mass is 369 g/mol. The Morgan fingerprint density at radius 2 is 2.04 bits per heavy atom. The fourth-order valence-corrected chi connectivity index (χ4v) is 3.56. The van der Waals surface area contributed by atoms with E-state index < -0.39 is 0 Å². The predicted octanol–water partition coefficient (Wildman–Crippen LogP) is 1.21. The van der Waals surface area contributed by atoms with E-state index >= 15 is 0 Å². The van der Waals surface area contributed by atoms with Crippen molar-refractivity contribution in [3.8, 4) is 0 Å². The lowest BCUT2D eigenvalue weighted by Crippen LogP contribution is -2.35. The third kappa shape index (κ3) is 4.10. The number of H-pyrrole nitrogens is 1. The lowest BCUT2D eigenvalue weighted by molar-refractivity contribution is 0.247. The molecular weight excluding hydrogens is 342 g/mol.